The van der Waals surface area contributed by atoms with Crippen molar-refractivity contribution in [2.45, 2.75) is 24.8 Å². The number of ether oxygens (including phenoxy) is 1. The van der Waals surface area contributed by atoms with E-state index in [1.807, 2.05) is 12.1 Å². The van der Waals surface area contributed by atoms with Gasteiger partial charge in [0, 0.05) is 0 Å². The highest BCUT2D eigenvalue weighted by Gasteiger charge is 2.36. The van der Waals surface area contributed by atoms with E-state index in [0.717, 1.165) is 23.4 Å². The van der Waals surface area contributed by atoms with Crippen molar-refractivity contribution in [3.63, 3.8) is 0 Å². The topological polar surface area (TPSA) is 21.6 Å². The number of allylic oxidation sites excluding steroid dienone is 1. The number of benzene rings is 2. The molecule has 22 heavy (non-hydrogen) atoms. The van der Waals surface area contributed by atoms with Crippen LogP contribution >= 0.6 is 0 Å². The second-order valence-electron chi connectivity index (χ2n) is 5.99. The Morgan fingerprint density at radius 1 is 1.05 bits per heavy atom. The smallest absolute Gasteiger partial charge is 0.118 e. The van der Waals surface area contributed by atoms with Crippen molar-refractivity contribution in [2.75, 3.05) is 7.11 Å². The van der Waals surface area contributed by atoms with Crippen LogP contribution in [0.4, 0.5) is 0 Å². The first-order valence-corrected chi connectivity index (χ1v) is 7.83. The van der Waals surface area contributed by atoms with Crippen LogP contribution in [0.1, 0.15) is 29.5 Å². The molecule has 1 unspecified atom stereocenters. The molecule has 1 heterocycles. The minimum atomic E-state index is -0.149. The average molecular weight is 289 g/mol. The van der Waals surface area contributed by atoms with Gasteiger partial charge in [-0.05, 0) is 66.3 Å². The van der Waals surface area contributed by atoms with Gasteiger partial charge in [-0.1, -0.05) is 30.3 Å². The van der Waals surface area contributed by atoms with E-state index in [9.17, 15) is 0 Å². The van der Waals surface area contributed by atoms with Crippen LogP contribution in [0, 0.1) is 0 Å². The lowest BCUT2D eigenvalue weighted by atomic mass is 9.77. The van der Waals surface area contributed by atoms with Crippen LogP contribution in [0.2, 0.25) is 0 Å². The SMILES string of the molecule is COc1ccc(C2=NC3(C=C2)CCCc2ccccc23)cc1. The van der Waals surface area contributed by atoms with Crippen LogP contribution in [0.15, 0.2) is 65.7 Å². The van der Waals surface area contributed by atoms with E-state index in [-0.39, 0.29) is 5.54 Å². The predicted molar refractivity (Wildman–Crippen MR) is 89.7 cm³/mol. The summed E-state index contributed by atoms with van der Waals surface area (Å²) in [6.07, 6.45) is 7.91. The Morgan fingerprint density at radius 3 is 2.68 bits per heavy atom. The van der Waals surface area contributed by atoms with E-state index < -0.39 is 0 Å². The highest BCUT2D eigenvalue weighted by molar-refractivity contribution is 6.10. The van der Waals surface area contributed by atoms with E-state index in [2.05, 4.69) is 48.6 Å². The molecular weight excluding hydrogens is 270 g/mol. The van der Waals surface area contributed by atoms with Gasteiger partial charge in [0.1, 0.15) is 11.3 Å². The summed E-state index contributed by atoms with van der Waals surface area (Å²) in [7, 11) is 1.69. The average Bonchev–Trinajstić information content (AvgIpc) is 3.00. The number of methoxy groups -OCH3 is 1. The fraction of sp³-hybridized carbons (Fsp3) is 0.250. The normalized spacial score (nSPS) is 22.5. The molecule has 2 aromatic carbocycles. The van der Waals surface area contributed by atoms with Crippen LogP contribution in [-0.4, -0.2) is 12.8 Å². The standard InChI is InChI=1S/C20H19NO/c1-22-17-10-8-16(9-11-17)19-12-14-20(21-19)13-4-6-15-5-2-3-7-18(15)20/h2-3,5,7-12,14H,4,6,13H2,1H3. The van der Waals surface area contributed by atoms with Crippen molar-refractivity contribution in [1.29, 1.82) is 0 Å². The zero-order valence-electron chi connectivity index (χ0n) is 12.8. The van der Waals surface area contributed by atoms with Gasteiger partial charge in [-0.3, -0.25) is 4.99 Å². The maximum atomic E-state index is 5.23. The van der Waals surface area contributed by atoms with Gasteiger partial charge in [0.2, 0.25) is 0 Å². The Balaban J connectivity index is 1.74. The molecule has 4 rings (SSSR count). The fourth-order valence-electron chi connectivity index (χ4n) is 3.56. The molecule has 0 saturated heterocycles. The summed E-state index contributed by atoms with van der Waals surface area (Å²) in [6.45, 7) is 0. The molecule has 2 aliphatic rings. The van der Waals surface area contributed by atoms with Gasteiger partial charge in [-0.25, -0.2) is 0 Å². The molecule has 1 aliphatic carbocycles. The molecule has 0 amide bonds. The van der Waals surface area contributed by atoms with Crippen molar-refractivity contribution >= 4 is 5.71 Å². The molecule has 0 aromatic heterocycles. The second kappa shape index (κ2) is 5.13. The fourth-order valence-corrected chi connectivity index (χ4v) is 3.56. The Kier molecular flexibility index (Phi) is 3.11. The largest absolute Gasteiger partial charge is 0.497 e. The first-order valence-electron chi connectivity index (χ1n) is 7.83. The number of aryl methyl sites for hydroxylation is 1. The van der Waals surface area contributed by atoms with Crippen LogP contribution < -0.4 is 4.74 Å². The zero-order valence-corrected chi connectivity index (χ0v) is 12.8. The Hall–Kier alpha value is -2.35. The molecule has 1 aliphatic heterocycles. The number of aliphatic imine (C=N–C) groups is 1. The molecule has 1 atom stereocenters. The summed E-state index contributed by atoms with van der Waals surface area (Å²) in [6, 6.07) is 16.9. The van der Waals surface area contributed by atoms with Gasteiger partial charge in [0.05, 0.1) is 12.8 Å². The van der Waals surface area contributed by atoms with Crippen LogP contribution in [0.5, 0.6) is 5.75 Å². The predicted octanol–water partition coefficient (Wildman–Crippen LogP) is 4.29. The quantitative estimate of drug-likeness (QED) is 0.808. The molecular formula is C20H19NO. The summed E-state index contributed by atoms with van der Waals surface area (Å²) >= 11 is 0. The molecule has 0 fully saturated rings. The van der Waals surface area contributed by atoms with Crippen molar-refractivity contribution in [2.24, 2.45) is 4.99 Å². The van der Waals surface area contributed by atoms with E-state index in [4.69, 9.17) is 9.73 Å². The lowest BCUT2D eigenvalue weighted by molar-refractivity contribution is 0.415. The van der Waals surface area contributed by atoms with Crippen molar-refractivity contribution in [3.8, 4) is 5.75 Å². The maximum absolute atomic E-state index is 5.23. The molecule has 0 bridgehead atoms. The van der Waals surface area contributed by atoms with Gasteiger partial charge in [-0.2, -0.15) is 0 Å². The first-order chi connectivity index (χ1) is 10.8. The van der Waals surface area contributed by atoms with Gasteiger partial charge in [0.25, 0.3) is 0 Å². The minimum Gasteiger partial charge on any atom is -0.497 e. The van der Waals surface area contributed by atoms with Crippen molar-refractivity contribution < 1.29 is 4.74 Å². The minimum absolute atomic E-state index is 0.149. The van der Waals surface area contributed by atoms with E-state index in [1.165, 1.54) is 24.0 Å². The molecule has 2 aromatic rings. The Morgan fingerprint density at radius 2 is 1.86 bits per heavy atom. The lowest BCUT2D eigenvalue weighted by Crippen LogP contribution is -2.25. The highest BCUT2D eigenvalue weighted by atomic mass is 16.5. The molecule has 110 valence electrons. The van der Waals surface area contributed by atoms with Gasteiger partial charge in [-0.15, -0.1) is 0 Å². The molecule has 2 nitrogen and oxygen atoms in total. The van der Waals surface area contributed by atoms with Crippen LogP contribution in [-0.2, 0) is 12.0 Å². The van der Waals surface area contributed by atoms with E-state index in [0.29, 0.717) is 0 Å². The molecule has 1 spiro atoms. The molecule has 0 N–H and O–H groups in total. The third-order valence-corrected chi connectivity index (χ3v) is 4.71. The van der Waals surface area contributed by atoms with Crippen LogP contribution in [0.3, 0.4) is 0 Å². The third-order valence-electron chi connectivity index (χ3n) is 4.71. The van der Waals surface area contributed by atoms with E-state index in [1.54, 1.807) is 7.11 Å². The lowest BCUT2D eigenvalue weighted by Gasteiger charge is -2.31. The van der Waals surface area contributed by atoms with Crippen LogP contribution in [0.25, 0.3) is 0 Å². The maximum Gasteiger partial charge on any atom is 0.118 e. The zero-order chi connectivity index (χ0) is 15.0. The number of rotatable bonds is 2. The van der Waals surface area contributed by atoms with Crippen molar-refractivity contribution in [1.82, 2.24) is 0 Å². The number of fused-ring (bicyclic) bond motifs is 2. The van der Waals surface area contributed by atoms with Gasteiger partial charge in [0.15, 0.2) is 0 Å². The Labute approximate surface area is 131 Å². The summed E-state index contributed by atoms with van der Waals surface area (Å²) < 4.78 is 5.23. The number of nitrogens with zero attached hydrogens (tertiary/aromatic N) is 1. The van der Waals surface area contributed by atoms with Gasteiger partial charge < -0.3 is 4.74 Å². The summed E-state index contributed by atoms with van der Waals surface area (Å²) in [5.74, 6) is 0.879. The highest BCUT2D eigenvalue weighted by Crippen LogP contribution is 2.42. The molecule has 0 saturated carbocycles. The van der Waals surface area contributed by atoms with E-state index >= 15 is 0 Å². The number of hydrogen-bond acceptors (Lipinski definition) is 2. The summed E-state index contributed by atoms with van der Waals surface area (Å²) in [5.41, 5.74) is 4.89. The Bertz CT molecular complexity index is 758. The van der Waals surface area contributed by atoms with Gasteiger partial charge >= 0.3 is 0 Å². The number of hydrogen-bond donors (Lipinski definition) is 0. The molecule has 0 radical (unpaired) electrons. The monoisotopic (exact) mass is 289 g/mol. The summed E-state index contributed by atoms with van der Waals surface area (Å²) in [4.78, 5) is 5.11. The third kappa shape index (κ3) is 2.07. The summed E-state index contributed by atoms with van der Waals surface area (Å²) in [5, 5.41) is 0. The van der Waals surface area contributed by atoms with Crippen molar-refractivity contribution in [3.05, 3.63) is 77.4 Å². The molecule has 2 heteroatoms. The second-order valence-corrected chi connectivity index (χ2v) is 5.99. The first kappa shape index (κ1) is 13.3.